The Morgan fingerprint density at radius 2 is 1.20 bits per heavy atom. The zero-order chi connectivity index (χ0) is 28.1. The Morgan fingerprint density at radius 1 is 0.683 bits per heavy atom. The molecule has 41 heavy (non-hydrogen) atoms. The normalized spacial score (nSPS) is 10.7. The van der Waals surface area contributed by atoms with Crippen LogP contribution < -0.4 is 19.6 Å². The van der Waals surface area contributed by atoms with Gasteiger partial charge in [-0.3, -0.25) is 9.78 Å². The second-order valence-corrected chi connectivity index (χ2v) is 9.11. The molecule has 5 rings (SSSR count). The topological polar surface area (TPSA) is 82.0 Å². The number of benzene rings is 4. The van der Waals surface area contributed by atoms with Crippen molar-refractivity contribution in [2.45, 2.75) is 19.8 Å². The summed E-state index contributed by atoms with van der Waals surface area (Å²) in [7, 11) is 0. The summed E-state index contributed by atoms with van der Waals surface area (Å²) in [6.07, 6.45) is 4.85. The summed E-state index contributed by atoms with van der Waals surface area (Å²) in [5, 5.41) is 4.09. The van der Waals surface area contributed by atoms with E-state index in [1.54, 1.807) is 30.6 Å². The average Bonchev–Trinajstić information content (AvgIpc) is 3.04. The van der Waals surface area contributed by atoms with Crippen LogP contribution in [0.15, 0.2) is 133 Å². The van der Waals surface area contributed by atoms with Gasteiger partial charge in [0, 0.05) is 23.5 Å². The zero-order valence-electron chi connectivity index (χ0n) is 22.4. The van der Waals surface area contributed by atoms with E-state index in [4.69, 9.17) is 14.2 Å². The van der Waals surface area contributed by atoms with Crippen LogP contribution in [-0.2, 0) is 19.8 Å². The van der Waals surface area contributed by atoms with Gasteiger partial charge in [0.05, 0.1) is 6.21 Å². The molecular formula is C34H29N3O4. The van der Waals surface area contributed by atoms with E-state index in [2.05, 4.69) is 15.5 Å². The van der Waals surface area contributed by atoms with Crippen LogP contribution in [0.25, 0.3) is 0 Å². The predicted octanol–water partition coefficient (Wildman–Crippen LogP) is 6.58. The van der Waals surface area contributed by atoms with Crippen molar-refractivity contribution in [2.75, 3.05) is 0 Å². The molecule has 0 bridgehead atoms. The predicted molar refractivity (Wildman–Crippen MR) is 158 cm³/mol. The molecule has 0 aliphatic heterocycles. The first-order valence-electron chi connectivity index (χ1n) is 13.2. The molecule has 204 valence electrons. The molecule has 0 fully saturated rings. The Labute approximate surface area is 239 Å². The van der Waals surface area contributed by atoms with Gasteiger partial charge in [-0.25, -0.2) is 5.43 Å². The number of carbonyl (C=O) groups is 1. The van der Waals surface area contributed by atoms with Crippen LogP contribution in [-0.4, -0.2) is 17.1 Å². The first-order chi connectivity index (χ1) is 20.2. The molecule has 0 aliphatic rings. The third kappa shape index (κ3) is 8.03. The maximum atomic E-state index is 13.2. The van der Waals surface area contributed by atoms with Gasteiger partial charge in [0.25, 0.3) is 5.91 Å². The number of carbonyl (C=O) groups excluding carboxylic acids is 1. The lowest BCUT2D eigenvalue weighted by Crippen LogP contribution is -2.18. The quantitative estimate of drug-likeness (QED) is 0.142. The summed E-state index contributed by atoms with van der Waals surface area (Å²) >= 11 is 0. The molecule has 1 N–H and O–H groups in total. The van der Waals surface area contributed by atoms with E-state index in [9.17, 15) is 4.79 Å². The number of rotatable bonds is 12. The fraction of sp³-hybridized carbons (Fsp3) is 0.0882. The van der Waals surface area contributed by atoms with Crippen molar-refractivity contribution >= 4 is 12.1 Å². The summed E-state index contributed by atoms with van der Waals surface area (Å²) in [5.41, 5.74) is 6.59. The molecule has 0 saturated carbocycles. The lowest BCUT2D eigenvalue weighted by molar-refractivity contribution is 0.0953. The van der Waals surface area contributed by atoms with E-state index < -0.39 is 5.91 Å². The smallest absolute Gasteiger partial charge is 0.271 e. The summed E-state index contributed by atoms with van der Waals surface area (Å²) in [6, 6.07) is 36.3. The summed E-state index contributed by atoms with van der Waals surface area (Å²) in [6.45, 7) is 0.862. The van der Waals surface area contributed by atoms with Gasteiger partial charge in [0.1, 0.15) is 19.8 Å². The molecule has 0 saturated heterocycles. The number of hydrogen-bond acceptors (Lipinski definition) is 6. The van der Waals surface area contributed by atoms with E-state index in [-0.39, 0.29) is 13.2 Å². The van der Waals surface area contributed by atoms with Gasteiger partial charge < -0.3 is 14.2 Å². The van der Waals surface area contributed by atoms with Gasteiger partial charge in [-0.15, -0.1) is 0 Å². The second-order valence-electron chi connectivity index (χ2n) is 9.11. The van der Waals surface area contributed by atoms with Gasteiger partial charge in [0.2, 0.25) is 5.75 Å². The maximum Gasteiger partial charge on any atom is 0.271 e. The summed E-state index contributed by atoms with van der Waals surface area (Å²) in [5.74, 6) is 0.762. The fourth-order valence-corrected chi connectivity index (χ4v) is 3.95. The number of nitrogens with one attached hydrogen (secondary N) is 1. The molecular weight excluding hydrogens is 514 g/mol. The molecule has 1 amide bonds. The first kappa shape index (κ1) is 27.1. The van der Waals surface area contributed by atoms with Crippen molar-refractivity contribution in [3.05, 3.63) is 155 Å². The van der Waals surface area contributed by atoms with Crippen molar-refractivity contribution in [3.63, 3.8) is 0 Å². The molecule has 5 aromatic rings. The Morgan fingerprint density at radius 3 is 1.68 bits per heavy atom. The third-order valence-corrected chi connectivity index (χ3v) is 6.05. The molecule has 0 unspecified atom stereocenters. The lowest BCUT2D eigenvalue weighted by atomic mass is 10.1. The fourth-order valence-electron chi connectivity index (χ4n) is 3.95. The highest BCUT2D eigenvalue weighted by molar-refractivity contribution is 5.96. The van der Waals surface area contributed by atoms with E-state index in [0.29, 0.717) is 29.4 Å². The molecule has 0 radical (unpaired) electrons. The van der Waals surface area contributed by atoms with Crippen LogP contribution in [0.3, 0.4) is 0 Å². The van der Waals surface area contributed by atoms with Crippen LogP contribution in [0, 0.1) is 0 Å². The standard InChI is InChI=1S/C34H29N3O4/c38-34(37-36-22-29-17-10-18-35-21-29)30-19-31(39-23-26-11-4-1-5-12-26)33(41-25-28-15-8-3-9-16-28)32(20-30)40-24-27-13-6-2-7-14-27/h1-22H,23-25H2,(H,37,38)/b36-22-. The minimum absolute atomic E-state index is 0.283. The SMILES string of the molecule is O=C(N/N=C\c1cccnc1)c1cc(OCc2ccccc2)c(OCc2ccccc2)c(OCc2ccccc2)c1. The van der Waals surface area contributed by atoms with Gasteiger partial charge in [-0.05, 0) is 34.9 Å². The highest BCUT2D eigenvalue weighted by atomic mass is 16.5. The number of amides is 1. The van der Waals surface area contributed by atoms with Gasteiger partial charge >= 0.3 is 0 Å². The molecule has 0 aliphatic carbocycles. The van der Waals surface area contributed by atoms with Crippen LogP contribution in [0.2, 0.25) is 0 Å². The lowest BCUT2D eigenvalue weighted by Gasteiger charge is -2.19. The molecule has 1 heterocycles. The molecule has 1 aromatic heterocycles. The minimum Gasteiger partial charge on any atom is -0.485 e. The number of hydrazone groups is 1. The average molecular weight is 544 g/mol. The second kappa shape index (κ2) is 14.1. The number of ether oxygens (including phenoxy) is 3. The summed E-state index contributed by atoms with van der Waals surface area (Å²) < 4.78 is 18.8. The molecule has 4 aromatic carbocycles. The molecule has 7 nitrogen and oxygen atoms in total. The molecule has 0 spiro atoms. The molecule has 0 atom stereocenters. The Balaban J connectivity index is 1.45. The number of nitrogens with zero attached hydrogens (tertiary/aromatic N) is 2. The van der Waals surface area contributed by atoms with Gasteiger partial charge in [-0.2, -0.15) is 5.10 Å². The van der Waals surface area contributed by atoms with Gasteiger partial charge in [-0.1, -0.05) is 97.1 Å². The minimum atomic E-state index is -0.422. The van der Waals surface area contributed by atoms with Crippen LogP contribution in [0.4, 0.5) is 0 Å². The van der Waals surface area contributed by atoms with Crippen LogP contribution in [0.1, 0.15) is 32.6 Å². The highest BCUT2D eigenvalue weighted by Gasteiger charge is 2.20. The van der Waals surface area contributed by atoms with Crippen molar-refractivity contribution in [2.24, 2.45) is 5.10 Å². The number of hydrogen-bond donors (Lipinski definition) is 1. The van der Waals surface area contributed by atoms with Crippen LogP contribution in [0.5, 0.6) is 17.2 Å². The van der Waals surface area contributed by atoms with E-state index in [1.807, 2.05) is 97.1 Å². The maximum absolute atomic E-state index is 13.2. The van der Waals surface area contributed by atoms with Crippen molar-refractivity contribution in [1.29, 1.82) is 0 Å². The monoisotopic (exact) mass is 543 g/mol. The Hall–Kier alpha value is -5.43. The third-order valence-electron chi connectivity index (χ3n) is 6.05. The van der Waals surface area contributed by atoms with E-state index in [0.717, 1.165) is 22.3 Å². The summed E-state index contributed by atoms with van der Waals surface area (Å²) in [4.78, 5) is 17.2. The van der Waals surface area contributed by atoms with Gasteiger partial charge in [0.15, 0.2) is 11.5 Å². The first-order valence-corrected chi connectivity index (χ1v) is 13.2. The van der Waals surface area contributed by atoms with Crippen molar-refractivity contribution < 1.29 is 19.0 Å². The Bertz CT molecular complexity index is 1500. The number of pyridine rings is 1. The van der Waals surface area contributed by atoms with Crippen LogP contribution >= 0.6 is 0 Å². The molecule has 7 heteroatoms. The van der Waals surface area contributed by atoms with E-state index in [1.165, 1.54) is 6.21 Å². The highest BCUT2D eigenvalue weighted by Crippen LogP contribution is 2.40. The largest absolute Gasteiger partial charge is 0.485 e. The van der Waals surface area contributed by atoms with Crippen molar-refractivity contribution in [3.8, 4) is 17.2 Å². The van der Waals surface area contributed by atoms with Crippen molar-refractivity contribution in [1.82, 2.24) is 10.4 Å². The zero-order valence-corrected chi connectivity index (χ0v) is 22.4. The number of aromatic nitrogens is 1. The van der Waals surface area contributed by atoms with E-state index >= 15 is 0 Å². The Kier molecular flexibility index (Phi) is 9.33.